The van der Waals surface area contributed by atoms with E-state index in [-0.39, 0.29) is 25.2 Å². The lowest BCUT2D eigenvalue weighted by Gasteiger charge is -2.31. The highest BCUT2D eigenvalue weighted by Gasteiger charge is 2.23. The first-order valence-corrected chi connectivity index (χ1v) is 7.17. The summed E-state index contributed by atoms with van der Waals surface area (Å²) in [5.74, 6) is 0.617. The minimum Gasteiger partial charge on any atom is -0.484 e. The number of likely N-dealkylation sites (tertiary alicyclic amines) is 1. The number of carbonyl (C=O) groups is 1. The zero-order chi connectivity index (χ0) is 15.1. The third kappa shape index (κ3) is 4.91. The molecule has 6 nitrogen and oxygen atoms in total. The zero-order valence-corrected chi connectivity index (χ0v) is 12.0. The third-order valence-corrected chi connectivity index (χ3v) is 3.48. The number of benzene rings is 1. The van der Waals surface area contributed by atoms with Gasteiger partial charge in [-0.1, -0.05) is 0 Å². The van der Waals surface area contributed by atoms with Crippen LogP contribution in [0, 0.1) is 0 Å². The minimum absolute atomic E-state index is 0.0209. The van der Waals surface area contributed by atoms with Crippen LogP contribution in [0.25, 0.3) is 0 Å². The second kappa shape index (κ2) is 7.85. The number of rotatable bonds is 6. The molecular weight excluding hydrogens is 272 g/mol. The molecule has 0 spiro atoms. The number of anilines is 1. The summed E-state index contributed by atoms with van der Waals surface area (Å²) in [4.78, 5) is 13.8. The number of amides is 1. The average Bonchev–Trinajstić information content (AvgIpc) is 2.52. The molecule has 0 atom stereocenters. The van der Waals surface area contributed by atoms with E-state index in [4.69, 9.17) is 20.3 Å². The highest BCUT2D eigenvalue weighted by Crippen LogP contribution is 2.15. The summed E-state index contributed by atoms with van der Waals surface area (Å²) in [5, 5.41) is 8.72. The molecule has 0 aromatic heterocycles. The number of ether oxygens (including phenoxy) is 2. The van der Waals surface area contributed by atoms with Gasteiger partial charge in [-0.25, -0.2) is 0 Å². The van der Waals surface area contributed by atoms with Gasteiger partial charge < -0.3 is 25.2 Å². The molecule has 1 aliphatic heterocycles. The Balaban J connectivity index is 1.71. The van der Waals surface area contributed by atoms with E-state index < -0.39 is 0 Å². The van der Waals surface area contributed by atoms with Crippen LogP contribution >= 0.6 is 0 Å². The number of carbonyl (C=O) groups excluding carboxylic acids is 1. The lowest BCUT2D eigenvalue weighted by atomic mass is 10.1. The zero-order valence-electron chi connectivity index (χ0n) is 12.0. The summed E-state index contributed by atoms with van der Waals surface area (Å²) >= 11 is 0. The van der Waals surface area contributed by atoms with Gasteiger partial charge in [0.15, 0.2) is 6.61 Å². The largest absolute Gasteiger partial charge is 0.484 e. The first-order chi connectivity index (χ1) is 10.2. The second-order valence-electron chi connectivity index (χ2n) is 5.03. The molecule has 1 saturated heterocycles. The van der Waals surface area contributed by atoms with E-state index >= 15 is 0 Å². The summed E-state index contributed by atoms with van der Waals surface area (Å²) in [5.41, 5.74) is 6.25. The van der Waals surface area contributed by atoms with E-state index in [1.807, 2.05) is 0 Å². The Bertz CT molecular complexity index is 441. The van der Waals surface area contributed by atoms with E-state index in [1.54, 1.807) is 29.2 Å². The minimum atomic E-state index is -0.0209. The van der Waals surface area contributed by atoms with E-state index in [9.17, 15) is 4.79 Å². The van der Waals surface area contributed by atoms with Crippen LogP contribution in [0.4, 0.5) is 5.69 Å². The fourth-order valence-corrected chi connectivity index (χ4v) is 2.29. The normalized spacial score (nSPS) is 16.0. The van der Waals surface area contributed by atoms with Gasteiger partial charge in [0.25, 0.3) is 5.91 Å². The monoisotopic (exact) mass is 294 g/mol. The Hall–Kier alpha value is -1.79. The summed E-state index contributed by atoms with van der Waals surface area (Å²) in [6.07, 6.45) is 1.74. The van der Waals surface area contributed by atoms with E-state index in [0.29, 0.717) is 31.1 Å². The summed E-state index contributed by atoms with van der Waals surface area (Å²) in [6, 6.07) is 6.97. The molecule has 1 heterocycles. The van der Waals surface area contributed by atoms with Crippen LogP contribution < -0.4 is 10.5 Å². The number of hydrogen-bond acceptors (Lipinski definition) is 5. The number of nitrogens with zero attached hydrogens (tertiary/aromatic N) is 1. The molecule has 6 heteroatoms. The van der Waals surface area contributed by atoms with Crippen molar-refractivity contribution in [3.8, 4) is 5.75 Å². The predicted octanol–water partition coefficient (Wildman–Crippen LogP) is 0.647. The summed E-state index contributed by atoms with van der Waals surface area (Å²) < 4.78 is 10.9. The van der Waals surface area contributed by atoms with Crippen molar-refractivity contribution in [2.45, 2.75) is 18.9 Å². The van der Waals surface area contributed by atoms with Crippen LogP contribution in [0.2, 0.25) is 0 Å². The van der Waals surface area contributed by atoms with Crippen molar-refractivity contribution >= 4 is 11.6 Å². The molecule has 0 saturated carbocycles. The van der Waals surface area contributed by atoms with Crippen molar-refractivity contribution in [1.29, 1.82) is 0 Å². The molecule has 1 aliphatic rings. The number of aliphatic hydroxyl groups excluding tert-OH is 1. The van der Waals surface area contributed by atoms with Crippen LogP contribution in [-0.4, -0.2) is 54.9 Å². The molecule has 1 amide bonds. The lowest BCUT2D eigenvalue weighted by molar-refractivity contribution is -0.136. The van der Waals surface area contributed by atoms with Gasteiger partial charge in [-0.15, -0.1) is 0 Å². The SMILES string of the molecule is Nc1ccc(OCC(=O)N2CCC(OCCO)CC2)cc1. The molecule has 1 aromatic carbocycles. The van der Waals surface area contributed by atoms with E-state index in [1.165, 1.54) is 0 Å². The molecule has 0 radical (unpaired) electrons. The Labute approximate surface area is 124 Å². The number of nitrogen functional groups attached to an aromatic ring is 1. The highest BCUT2D eigenvalue weighted by atomic mass is 16.5. The van der Waals surface area contributed by atoms with Crippen molar-refractivity contribution in [3.05, 3.63) is 24.3 Å². The van der Waals surface area contributed by atoms with Gasteiger partial charge in [0.2, 0.25) is 0 Å². The summed E-state index contributed by atoms with van der Waals surface area (Å²) in [7, 11) is 0. The van der Waals surface area contributed by atoms with Crippen molar-refractivity contribution in [2.75, 3.05) is 38.6 Å². The van der Waals surface area contributed by atoms with Gasteiger partial charge in [-0.3, -0.25) is 4.79 Å². The predicted molar refractivity (Wildman–Crippen MR) is 79.0 cm³/mol. The van der Waals surface area contributed by atoms with Crippen LogP contribution in [0.1, 0.15) is 12.8 Å². The molecule has 3 N–H and O–H groups in total. The fourth-order valence-electron chi connectivity index (χ4n) is 2.29. The lowest BCUT2D eigenvalue weighted by Crippen LogP contribution is -2.43. The van der Waals surface area contributed by atoms with Gasteiger partial charge in [-0.2, -0.15) is 0 Å². The number of piperidine rings is 1. The standard InChI is InChI=1S/C15H22N2O4/c16-12-1-3-13(4-2-12)21-11-15(19)17-7-5-14(6-8-17)20-10-9-18/h1-4,14,18H,5-11,16H2. The maximum Gasteiger partial charge on any atom is 0.260 e. The molecule has 1 aromatic rings. The Morgan fingerprint density at radius 2 is 1.95 bits per heavy atom. The van der Waals surface area contributed by atoms with E-state index in [0.717, 1.165) is 12.8 Å². The average molecular weight is 294 g/mol. The molecule has 1 fully saturated rings. The van der Waals surface area contributed by atoms with Crippen LogP contribution in [0.5, 0.6) is 5.75 Å². The molecule has 21 heavy (non-hydrogen) atoms. The van der Waals surface area contributed by atoms with Gasteiger partial charge in [-0.05, 0) is 37.1 Å². The molecular formula is C15H22N2O4. The third-order valence-electron chi connectivity index (χ3n) is 3.48. The van der Waals surface area contributed by atoms with Gasteiger partial charge in [0.1, 0.15) is 5.75 Å². The topological polar surface area (TPSA) is 85.0 Å². The van der Waals surface area contributed by atoms with Crippen molar-refractivity contribution in [3.63, 3.8) is 0 Å². The van der Waals surface area contributed by atoms with Gasteiger partial charge in [0, 0.05) is 18.8 Å². The Morgan fingerprint density at radius 1 is 1.29 bits per heavy atom. The van der Waals surface area contributed by atoms with Gasteiger partial charge >= 0.3 is 0 Å². The maximum atomic E-state index is 12.1. The molecule has 0 unspecified atom stereocenters. The number of nitrogens with two attached hydrogens (primary N) is 1. The van der Waals surface area contributed by atoms with E-state index in [2.05, 4.69) is 0 Å². The molecule has 0 aliphatic carbocycles. The van der Waals surface area contributed by atoms with Crippen LogP contribution in [0.3, 0.4) is 0 Å². The van der Waals surface area contributed by atoms with Crippen LogP contribution in [0.15, 0.2) is 24.3 Å². The smallest absolute Gasteiger partial charge is 0.260 e. The molecule has 116 valence electrons. The number of hydrogen-bond donors (Lipinski definition) is 2. The first kappa shape index (κ1) is 15.6. The fraction of sp³-hybridized carbons (Fsp3) is 0.533. The second-order valence-corrected chi connectivity index (χ2v) is 5.03. The number of aliphatic hydroxyl groups is 1. The first-order valence-electron chi connectivity index (χ1n) is 7.17. The Morgan fingerprint density at radius 3 is 2.57 bits per heavy atom. The molecule has 2 rings (SSSR count). The van der Waals surface area contributed by atoms with Crippen molar-refractivity contribution in [1.82, 2.24) is 4.90 Å². The Kier molecular flexibility index (Phi) is 5.83. The quantitative estimate of drug-likeness (QED) is 0.752. The van der Waals surface area contributed by atoms with Gasteiger partial charge in [0.05, 0.1) is 19.3 Å². The summed E-state index contributed by atoms with van der Waals surface area (Å²) in [6.45, 7) is 1.76. The van der Waals surface area contributed by atoms with Crippen molar-refractivity contribution < 1.29 is 19.4 Å². The maximum absolute atomic E-state index is 12.1. The van der Waals surface area contributed by atoms with Crippen LogP contribution in [-0.2, 0) is 9.53 Å². The highest BCUT2D eigenvalue weighted by molar-refractivity contribution is 5.77. The van der Waals surface area contributed by atoms with Crippen molar-refractivity contribution in [2.24, 2.45) is 0 Å². The molecule has 0 bridgehead atoms.